The molecule has 136 valence electrons. The highest BCUT2D eigenvalue weighted by Crippen LogP contribution is 2.29. The van der Waals surface area contributed by atoms with Gasteiger partial charge in [-0.25, -0.2) is 4.79 Å². The van der Waals surface area contributed by atoms with E-state index in [2.05, 4.69) is 39.3 Å². The molecule has 0 bridgehead atoms. The van der Waals surface area contributed by atoms with Crippen molar-refractivity contribution in [3.8, 4) is 0 Å². The Morgan fingerprint density at radius 3 is 2.62 bits per heavy atom. The maximum absolute atomic E-state index is 12.8. The minimum Gasteiger partial charge on any atom is -0.465 e. The lowest BCUT2D eigenvalue weighted by atomic mass is 9.87. The molecule has 3 N–H and O–H groups in total. The average molecular weight is 464 g/mol. The Hall–Kier alpha value is -2.09. The summed E-state index contributed by atoms with van der Waals surface area (Å²) in [5.41, 5.74) is 3.31. The largest absolute Gasteiger partial charge is 0.465 e. The molecule has 6 heteroatoms. The number of carboxylic acid groups (broad SMARTS) is 1. The van der Waals surface area contributed by atoms with Gasteiger partial charge in [0.15, 0.2) is 0 Å². The number of benzene rings is 2. The molecule has 0 fully saturated rings. The fourth-order valence-electron chi connectivity index (χ4n) is 3.39. The van der Waals surface area contributed by atoms with Crippen molar-refractivity contribution in [3.05, 3.63) is 68.8 Å². The fourth-order valence-corrected chi connectivity index (χ4v) is 3.75. The Labute approximate surface area is 166 Å². The first-order valence-electron chi connectivity index (χ1n) is 8.65. The molecule has 0 radical (unpaired) electrons. The average Bonchev–Trinajstić information content (AvgIpc) is 2.63. The maximum Gasteiger partial charge on any atom is 0.405 e. The topological polar surface area (TPSA) is 78.4 Å². The lowest BCUT2D eigenvalue weighted by molar-refractivity contribution is -0.123. The molecule has 5 nitrogen and oxygen atoms in total. The molecule has 1 aliphatic rings. The van der Waals surface area contributed by atoms with E-state index in [0.29, 0.717) is 6.42 Å². The number of rotatable bonds is 5. The normalized spacial score (nSPS) is 17.0. The summed E-state index contributed by atoms with van der Waals surface area (Å²) >= 11 is 2.21. The number of nitrogens with one attached hydrogen (secondary N) is 2. The summed E-state index contributed by atoms with van der Waals surface area (Å²) in [7, 11) is 0. The summed E-state index contributed by atoms with van der Waals surface area (Å²) in [6.07, 6.45) is 2.02. The Bertz CT molecular complexity index is 792. The van der Waals surface area contributed by atoms with Gasteiger partial charge >= 0.3 is 6.09 Å². The first kappa shape index (κ1) is 18.7. The minimum atomic E-state index is -1.19. The van der Waals surface area contributed by atoms with Gasteiger partial charge in [0.25, 0.3) is 0 Å². The Morgan fingerprint density at radius 2 is 1.88 bits per heavy atom. The van der Waals surface area contributed by atoms with E-state index < -0.39 is 12.1 Å². The van der Waals surface area contributed by atoms with Crippen LogP contribution in [0, 0.1) is 3.57 Å². The summed E-state index contributed by atoms with van der Waals surface area (Å²) in [6.45, 7) is 0. The minimum absolute atomic E-state index is 0.0673. The fraction of sp³-hybridized carbons (Fsp3) is 0.300. The number of carbonyl (C=O) groups excluding carboxylic acids is 1. The Kier molecular flexibility index (Phi) is 6.13. The van der Waals surface area contributed by atoms with Crippen molar-refractivity contribution in [3.63, 3.8) is 0 Å². The highest BCUT2D eigenvalue weighted by Gasteiger charge is 2.26. The maximum atomic E-state index is 12.8. The van der Waals surface area contributed by atoms with Crippen LogP contribution in [0.4, 0.5) is 4.79 Å². The van der Waals surface area contributed by atoms with Crippen molar-refractivity contribution in [2.45, 2.75) is 37.8 Å². The first-order valence-corrected chi connectivity index (χ1v) is 9.73. The van der Waals surface area contributed by atoms with Crippen molar-refractivity contribution in [1.29, 1.82) is 0 Å². The summed E-state index contributed by atoms with van der Waals surface area (Å²) in [5, 5.41) is 14.5. The first-order chi connectivity index (χ1) is 12.5. The highest BCUT2D eigenvalue weighted by molar-refractivity contribution is 14.1. The van der Waals surface area contributed by atoms with E-state index in [1.165, 1.54) is 5.56 Å². The predicted octanol–water partition coefficient (Wildman–Crippen LogP) is 3.66. The summed E-state index contributed by atoms with van der Waals surface area (Å²) in [5.74, 6) is -0.285. The third-order valence-electron chi connectivity index (χ3n) is 4.65. The zero-order chi connectivity index (χ0) is 18.5. The molecular formula is C20H21IN2O3. The van der Waals surface area contributed by atoms with Gasteiger partial charge in [-0.15, -0.1) is 0 Å². The van der Waals surface area contributed by atoms with Crippen molar-refractivity contribution in [1.82, 2.24) is 10.6 Å². The molecule has 1 aliphatic carbocycles. The van der Waals surface area contributed by atoms with Crippen LogP contribution in [-0.2, 0) is 17.6 Å². The third-order valence-corrected chi connectivity index (χ3v) is 5.37. The number of hydrogen-bond acceptors (Lipinski definition) is 2. The van der Waals surface area contributed by atoms with E-state index in [9.17, 15) is 9.59 Å². The van der Waals surface area contributed by atoms with Gasteiger partial charge in [0.05, 0.1) is 6.04 Å². The molecule has 0 aliphatic heterocycles. The second kappa shape index (κ2) is 8.53. The van der Waals surface area contributed by atoms with Crippen molar-refractivity contribution in [2.24, 2.45) is 0 Å². The number of amides is 2. The van der Waals surface area contributed by atoms with Crippen molar-refractivity contribution >= 4 is 34.6 Å². The van der Waals surface area contributed by atoms with Gasteiger partial charge in [-0.3, -0.25) is 4.79 Å². The number of halogens is 1. The Morgan fingerprint density at radius 1 is 1.15 bits per heavy atom. The molecule has 2 amide bonds. The molecule has 3 rings (SSSR count). The van der Waals surface area contributed by atoms with Crippen LogP contribution in [0.3, 0.4) is 0 Å². The van der Waals surface area contributed by atoms with E-state index in [0.717, 1.165) is 34.0 Å². The second-order valence-electron chi connectivity index (χ2n) is 6.48. The van der Waals surface area contributed by atoms with E-state index in [1.54, 1.807) is 0 Å². The van der Waals surface area contributed by atoms with Gasteiger partial charge in [0.1, 0.15) is 6.04 Å². The molecule has 0 unspecified atom stereocenters. The molecule has 0 saturated heterocycles. The molecule has 2 atom stereocenters. The lowest BCUT2D eigenvalue weighted by Gasteiger charge is -2.28. The summed E-state index contributed by atoms with van der Waals surface area (Å²) in [6, 6.07) is 15.0. The molecule has 0 spiro atoms. The molecule has 0 heterocycles. The van der Waals surface area contributed by atoms with Gasteiger partial charge in [-0.05, 0) is 70.7 Å². The molecule has 2 aromatic carbocycles. The molecule has 0 aromatic heterocycles. The quantitative estimate of drug-likeness (QED) is 0.592. The number of hydrogen-bond donors (Lipinski definition) is 3. The van der Waals surface area contributed by atoms with E-state index in [4.69, 9.17) is 5.11 Å². The SMILES string of the molecule is O=C(O)N[C@@H](Cc1ccc(I)cc1)C(=O)N[C@@H]1CCCc2ccccc21. The number of carbonyl (C=O) groups is 2. The smallest absolute Gasteiger partial charge is 0.405 e. The van der Waals surface area contributed by atoms with Crippen LogP contribution in [0.2, 0.25) is 0 Å². The zero-order valence-electron chi connectivity index (χ0n) is 14.2. The van der Waals surface area contributed by atoms with Gasteiger partial charge in [-0.1, -0.05) is 36.4 Å². The highest BCUT2D eigenvalue weighted by atomic mass is 127. The number of aryl methyl sites for hydroxylation is 1. The van der Waals surface area contributed by atoms with Gasteiger partial charge in [-0.2, -0.15) is 0 Å². The lowest BCUT2D eigenvalue weighted by Crippen LogP contribution is -2.48. The van der Waals surface area contributed by atoms with Crippen LogP contribution in [0.25, 0.3) is 0 Å². The van der Waals surface area contributed by atoms with Crippen LogP contribution in [0.1, 0.15) is 35.6 Å². The Balaban J connectivity index is 1.73. The van der Waals surface area contributed by atoms with Crippen LogP contribution in [0.5, 0.6) is 0 Å². The van der Waals surface area contributed by atoms with Gasteiger partial charge in [0.2, 0.25) is 5.91 Å². The van der Waals surface area contributed by atoms with Crippen LogP contribution >= 0.6 is 22.6 Å². The third kappa shape index (κ3) is 4.75. The predicted molar refractivity (Wildman–Crippen MR) is 108 cm³/mol. The summed E-state index contributed by atoms with van der Waals surface area (Å²) in [4.78, 5) is 23.9. The molecule has 0 saturated carbocycles. The number of fused-ring (bicyclic) bond motifs is 1. The summed E-state index contributed by atoms with van der Waals surface area (Å²) < 4.78 is 1.09. The van der Waals surface area contributed by atoms with E-state index in [-0.39, 0.29) is 11.9 Å². The van der Waals surface area contributed by atoms with Crippen LogP contribution < -0.4 is 10.6 Å². The van der Waals surface area contributed by atoms with Gasteiger partial charge in [0, 0.05) is 9.99 Å². The molecule has 26 heavy (non-hydrogen) atoms. The van der Waals surface area contributed by atoms with Crippen LogP contribution in [0.15, 0.2) is 48.5 Å². The monoisotopic (exact) mass is 464 g/mol. The van der Waals surface area contributed by atoms with E-state index in [1.807, 2.05) is 42.5 Å². The van der Waals surface area contributed by atoms with Crippen LogP contribution in [-0.4, -0.2) is 23.1 Å². The molecular weight excluding hydrogens is 443 g/mol. The standard InChI is InChI=1S/C20H21IN2O3/c21-15-10-8-13(9-11-15)12-18(23-20(25)26)19(24)22-17-7-3-5-14-4-1-2-6-16(14)17/h1-2,4,6,8-11,17-18,23H,3,5,7,12H2,(H,22,24)(H,25,26)/t17-,18+/m1/s1. The van der Waals surface area contributed by atoms with E-state index >= 15 is 0 Å². The van der Waals surface area contributed by atoms with Crippen molar-refractivity contribution in [2.75, 3.05) is 0 Å². The van der Waals surface area contributed by atoms with Gasteiger partial charge < -0.3 is 15.7 Å². The van der Waals surface area contributed by atoms with Crippen molar-refractivity contribution < 1.29 is 14.7 Å². The zero-order valence-corrected chi connectivity index (χ0v) is 16.4. The second-order valence-corrected chi connectivity index (χ2v) is 7.73. The molecule has 2 aromatic rings.